The van der Waals surface area contributed by atoms with Gasteiger partial charge in [0.05, 0.1) is 13.7 Å². The molecular weight excluding hydrogens is 232 g/mol. The number of halogens is 4. The van der Waals surface area contributed by atoms with Gasteiger partial charge in [-0.1, -0.05) is 20.8 Å². The molecule has 0 aliphatic carbocycles. The molecule has 0 saturated carbocycles. The van der Waals surface area contributed by atoms with E-state index in [2.05, 4.69) is 9.47 Å². The van der Waals surface area contributed by atoms with Crippen molar-refractivity contribution in [2.45, 2.75) is 32.8 Å². The van der Waals surface area contributed by atoms with Crippen molar-refractivity contribution in [2.75, 3.05) is 13.7 Å². The van der Waals surface area contributed by atoms with Crippen molar-refractivity contribution in [1.82, 2.24) is 0 Å². The number of hydrogen-bond acceptors (Lipinski definition) is 3. The first-order chi connectivity index (χ1) is 6.94. The molecule has 0 fully saturated rings. The Kier molecular flexibility index (Phi) is 4.32. The van der Waals surface area contributed by atoms with Gasteiger partial charge in [-0.2, -0.15) is 17.6 Å². The van der Waals surface area contributed by atoms with Crippen LogP contribution in [0.15, 0.2) is 0 Å². The van der Waals surface area contributed by atoms with Crippen molar-refractivity contribution >= 4 is 5.97 Å². The Morgan fingerprint density at radius 3 is 1.88 bits per heavy atom. The molecule has 0 aliphatic heterocycles. The van der Waals surface area contributed by atoms with E-state index in [1.807, 2.05) is 0 Å². The van der Waals surface area contributed by atoms with Gasteiger partial charge in [-0.15, -0.1) is 0 Å². The van der Waals surface area contributed by atoms with E-state index >= 15 is 0 Å². The van der Waals surface area contributed by atoms with Gasteiger partial charge in [-0.25, -0.2) is 4.79 Å². The Balaban J connectivity index is 4.71. The van der Waals surface area contributed by atoms with Gasteiger partial charge < -0.3 is 9.47 Å². The molecule has 0 N–H and O–H groups in total. The molecule has 0 amide bonds. The molecule has 0 heterocycles. The highest BCUT2D eigenvalue weighted by molar-refractivity contribution is 5.78. The van der Waals surface area contributed by atoms with E-state index in [1.54, 1.807) is 0 Å². The predicted octanol–water partition coefficient (Wildman–Crippen LogP) is 2.45. The van der Waals surface area contributed by atoms with Crippen LogP contribution in [-0.2, 0) is 14.3 Å². The molecule has 0 unspecified atom stereocenters. The molecule has 0 atom stereocenters. The lowest BCUT2D eigenvalue weighted by molar-refractivity contribution is -0.344. The van der Waals surface area contributed by atoms with Crippen LogP contribution in [0.1, 0.15) is 20.8 Å². The fraction of sp³-hybridized carbons (Fsp3) is 0.889. The zero-order chi connectivity index (χ0) is 13.2. The second kappa shape index (κ2) is 4.57. The van der Waals surface area contributed by atoms with Crippen LogP contribution in [0.2, 0.25) is 0 Å². The van der Waals surface area contributed by atoms with Crippen molar-refractivity contribution in [3.63, 3.8) is 0 Å². The van der Waals surface area contributed by atoms with Crippen LogP contribution in [0.5, 0.6) is 0 Å². The average Bonchev–Trinajstić information content (AvgIpc) is 2.12. The lowest BCUT2D eigenvalue weighted by Crippen LogP contribution is -2.50. The molecule has 0 radical (unpaired) electrons. The van der Waals surface area contributed by atoms with E-state index in [0.29, 0.717) is 7.11 Å². The number of hydrogen-bond donors (Lipinski definition) is 0. The molecule has 96 valence electrons. The Bertz CT molecular complexity index is 258. The number of ether oxygens (including phenoxy) is 2. The maximum absolute atomic E-state index is 12.9. The Hall–Kier alpha value is -0.850. The number of carbonyl (C=O) groups excluding carboxylic acids is 1. The second-order valence-corrected chi connectivity index (χ2v) is 4.43. The lowest BCUT2D eigenvalue weighted by atomic mass is 9.99. The minimum Gasteiger partial charge on any atom is -0.464 e. The summed E-state index contributed by atoms with van der Waals surface area (Å²) in [5.74, 6) is -7.32. The largest absolute Gasteiger partial charge is 0.464 e. The normalized spacial score (nSPS) is 13.8. The quantitative estimate of drug-likeness (QED) is 0.564. The summed E-state index contributed by atoms with van der Waals surface area (Å²) >= 11 is 0. The molecular formula is C9H14F4O3. The van der Waals surface area contributed by atoms with Gasteiger partial charge in [0, 0.05) is 0 Å². The minimum atomic E-state index is -4.99. The number of alkyl halides is 4. The van der Waals surface area contributed by atoms with E-state index in [1.165, 1.54) is 20.8 Å². The maximum Gasteiger partial charge on any atom is 0.431 e. The van der Waals surface area contributed by atoms with Gasteiger partial charge in [-0.3, -0.25) is 0 Å². The summed E-state index contributed by atoms with van der Waals surface area (Å²) < 4.78 is 58.8. The van der Waals surface area contributed by atoms with E-state index in [0.717, 1.165) is 0 Å². The zero-order valence-electron chi connectivity index (χ0n) is 9.44. The van der Waals surface area contributed by atoms with Gasteiger partial charge >= 0.3 is 18.0 Å². The highest BCUT2D eigenvalue weighted by Gasteiger charge is 2.65. The summed E-state index contributed by atoms with van der Waals surface area (Å²) in [5.41, 5.74) is -0.727. The smallest absolute Gasteiger partial charge is 0.431 e. The Morgan fingerprint density at radius 1 is 1.12 bits per heavy atom. The molecule has 0 spiro atoms. The lowest BCUT2D eigenvalue weighted by Gasteiger charge is -2.27. The van der Waals surface area contributed by atoms with Crippen LogP contribution in [0.3, 0.4) is 0 Å². The van der Waals surface area contributed by atoms with E-state index < -0.39 is 30.0 Å². The summed E-state index contributed by atoms with van der Waals surface area (Å²) in [7, 11) is 0.593. The fourth-order valence-corrected chi connectivity index (χ4v) is 0.645. The van der Waals surface area contributed by atoms with Crippen LogP contribution in [0, 0.1) is 5.41 Å². The van der Waals surface area contributed by atoms with E-state index in [-0.39, 0.29) is 0 Å². The maximum atomic E-state index is 12.9. The molecule has 16 heavy (non-hydrogen) atoms. The minimum absolute atomic E-state index is 0.593. The monoisotopic (exact) mass is 246 g/mol. The molecule has 7 heteroatoms. The standard InChI is InChI=1S/C9H14F4O3/c1-7(2,3)5-16-9(12,13)8(10,11)6(14)15-4/h5H2,1-4H3. The molecule has 0 saturated heterocycles. The van der Waals surface area contributed by atoms with Gasteiger partial charge in [0.25, 0.3) is 0 Å². The highest BCUT2D eigenvalue weighted by Crippen LogP contribution is 2.37. The van der Waals surface area contributed by atoms with Gasteiger partial charge in [0.2, 0.25) is 0 Å². The summed E-state index contributed by atoms with van der Waals surface area (Å²) in [6.45, 7) is 3.96. The Morgan fingerprint density at radius 2 is 1.56 bits per heavy atom. The van der Waals surface area contributed by atoms with Crippen LogP contribution in [0.4, 0.5) is 17.6 Å². The molecule has 3 nitrogen and oxygen atoms in total. The van der Waals surface area contributed by atoms with Crippen molar-refractivity contribution in [3.05, 3.63) is 0 Å². The zero-order valence-corrected chi connectivity index (χ0v) is 9.44. The molecule has 0 aliphatic rings. The summed E-state index contributed by atoms with van der Waals surface area (Å²) in [4.78, 5) is 10.5. The first-order valence-electron chi connectivity index (χ1n) is 4.42. The SMILES string of the molecule is COC(=O)C(F)(F)C(F)(F)OCC(C)(C)C. The van der Waals surface area contributed by atoms with Crippen LogP contribution in [-0.4, -0.2) is 31.7 Å². The Labute approximate surface area is 90.7 Å². The van der Waals surface area contributed by atoms with Gasteiger partial charge in [0.1, 0.15) is 0 Å². The van der Waals surface area contributed by atoms with Crippen LogP contribution >= 0.6 is 0 Å². The molecule has 0 aromatic rings. The average molecular weight is 246 g/mol. The molecule has 0 aromatic carbocycles. The second-order valence-electron chi connectivity index (χ2n) is 4.43. The van der Waals surface area contributed by atoms with Crippen molar-refractivity contribution in [1.29, 1.82) is 0 Å². The van der Waals surface area contributed by atoms with Crippen molar-refractivity contribution in [2.24, 2.45) is 5.41 Å². The van der Waals surface area contributed by atoms with Gasteiger partial charge in [-0.05, 0) is 5.41 Å². The number of carbonyl (C=O) groups is 1. The van der Waals surface area contributed by atoms with Crippen molar-refractivity contribution in [3.8, 4) is 0 Å². The predicted molar refractivity (Wildman–Crippen MR) is 47.3 cm³/mol. The topological polar surface area (TPSA) is 35.5 Å². The third kappa shape index (κ3) is 3.62. The molecule has 0 aromatic heterocycles. The third-order valence-corrected chi connectivity index (χ3v) is 1.49. The first-order valence-corrected chi connectivity index (χ1v) is 4.42. The van der Waals surface area contributed by atoms with Gasteiger partial charge in [0.15, 0.2) is 0 Å². The van der Waals surface area contributed by atoms with Crippen LogP contribution in [0.25, 0.3) is 0 Å². The fourth-order valence-electron chi connectivity index (χ4n) is 0.645. The number of methoxy groups -OCH3 is 1. The first kappa shape index (κ1) is 15.2. The van der Waals surface area contributed by atoms with Crippen LogP contribution < -0.4 is 0 Å². The summed E-state index contributed by atoms with van der Waals surface area (Å²) in [6, 6.07) is 0. The molecule has 0 bridgehead atoms. The number of esters is 1. The highest BCUT2D eigenvalue weighted by atomic mass is 19.3. The van der Waals surface area contributed by atoms with E-state index in [4.69, 9.17) is 0 Å². The van der Waals surface area contributed by atoms with E-state index in [9.17, 15) is 22.4 Å². The molecule has 0 rings (SSSR count). The third-order valence-electron chi connectivity index (χ3n) is 1.49. The summed E-state index contributed by atoms with van der Waals surface area (Å²) in [6.07, 6.45) is -4.88. The number of rotatable bonds is 4. The van der Waals surface area contributed by atoms with Crippen molar-refractivity contribution < 1.29 is 31.8 Å². The summed E-state index contributed by atoms with van der Waals surface area (Å²) in [5, 5.41) is 0.